The molecule has 0 N–H and O–H groups in total. The number of hydrogen-bond acceptors (Lipinski definition) is 3. The van der Waals surface area contributed by atoms with Gasteiger partial charge in [-0.3, -0.25) is 4.79 Å². The van der Waals surface area contributed by atoms with Gasteiger partial charge in [0, 0.05) is 24.1 Å². The van der Waals surface area contributed by atoms with E-state index in [-0.39, 0.29) is 5.91 Å². The van der Waals surface area contributed by atoms with Gasteiger partial charge in [0.2, 0.25) is 0 Å². The molecule has 1 amide bonds. The second kappa shape index (κ2) is 5.49. The molecule has 0 aliphatic carbocycles. The molecular weight excluding hydrogens is 294 g/mol. The average Bonchev–Trinajstić information content (AvgIpc) is 2.41. The van der Waals surface area contributed by atoms with Gasteiger partial charge in [0.15, 0.2) is 0 Å². The summed E-state index contributed by atoms with van der Waals surface area (Å²) in [5, 5.41) is 8.69. The minimum absolute atomic E-state index is 0.0594. The summed E-state index contributed by atoms with van der Waals surface area (Å²) in [6, 6.07) is 5.23. The molecule has 94 valence electrons. The van der Waals surface area contributed by atoms with Crippen LogP contribution in [0.3, 0.4) is 0 Å². The lowest BCUT2D eigenvalue weighted by Gasteiger charge is -2.34. The second-order valence-electron chi connectivity index (χ2n) is 4.58. The van der Waals surface area contributed by atoms with Crippen molar-refractivity contribution in [3.8, 4) is 6.07 Å². The number of carbonyl (C=O) groups is 1. The molecule has 4 nitrogen and oxygen atoms in total. The van der Waals surface area contributed by atoms with E-state index in [2.05, 4.69) is 27.8 Å². The number of aromatic nitrogens is 1. The molecule has 0 saturated carbocycles. The van der Waals surface area contributed by atoms with Crippen molar-refractivity contribution in [1.29, 1.82) is 5.26 Å². The van der Waals surface area contributed by atoms with Crippen molar-refractivity contribution < 1.29 is 4.79 Å². The largest absolute Gasteiger partial charge is 0.336 e. The maximum absolute atomic E-state index is 12.2. The first-order chi connectivity index (χ1) is 8.61. The quantitative estimate of drug-likeness (QED) is 0.747. The average molecular weight is 308 g/mol. The first kappa shape index (κ1) is 13.0. The third-order valence-electron chi connectivity index (χ3n) is 3.27. The van der Waals surface area contributed by atoms with Crippen LogP contribution >= 0.6 is 15.9 Å². The number of amides is 1. The first-order valence-electron chi connectivity index (χ1n) is 5.91. The summed E-state index contributed by atoms with van der Waals surface area (Å²) in [5.41, 5.74) is 0.875. The van der Waals surface area contributed by atoms with E-state index < -0.39 is 0 Å². The number of carbonyl (C=O) groups excluding carboxylic acids is 1. The van der Waals surface area contributed by atoms with E-state index in [1.165, 1.54) is 6.20 Å². The minimum Gasteiger partial charge on any atom is -0.336 e. The molecule has 2 heterocycles. The number of pyridine rings is 1. The molecule has 1 saturated heterocycles. The summed E-state index contributed by atoms with van der Waals surface area (Å²) in [4.78, 5) is 18.4. The van der Waals surface area contributed by atoms with Crippen LogP contribution in [0.5, 0.6) is 0 Å². The Labute approximate surface area is 115 Å². The maximum Gasteiger partial charge on any atom is 0.272 e. The lowest BCUT2D eigenvalue weighted by Crippen LogP contribution is -2.43. The highest BCUT2D eigenvalue weighted by Gasteiger charge is 2.27. The minimum atomic E-state index is -0.0594. The van der Waals surface area contributed by atoms with Crippen molar-refractivity contribution in [3.05, 3.63) is 29.6 Å². The molecule has 0 aromatic carbocycles. The van der Waals surface area contributed by atoms with Crippen LogP contribution in [0.15, 0.2) is 18.3 Å². The van der Waals surface area contributed by atoms with Crippen molar-refractivity contribution in [1.82, 2.24) is 9.88 Å². The monoisotopic (exact) mass is 307 g/mol. The fourth-order valence-electron chi connectivity index (χ4n) is 1.96. The predicted octanol–water partition coefficient (Wildman–Crippen LogP) is 2.20. The standard InChI is InChI=1S/C13H14BrN3O/c1-9-4-5-17(8-11(9)14)13(18)12-3-2-10(6-15)7-16-12/h2-3,7,9,11H,4-5,8H2,1H3. The zero-order chi connectivity index (χ0) is 13.1. The summed E-state index contributed by atoms with van der Waals surface area (Å²) in [7, 11) is 0. The maximum atomic E-state index is 12.2. The van der Waals surface area contributed by atoms with Gasteiger partial charge in [-0.05, 0) is 24.5 Å². The van der Waals surface area contributed by atoms with Gasteiger partial charge in [0.05, 0.1) is 5.56 Å². The molecule has 18 heavy (non-hydrogen) atoms. The van der Waals surface area contributed by atoms with Gasteiger partial charge in [0.1, 0.15) is 11.8 Å². The number of halogens is 1. The Balaban J connectivity index is 2.09. The highest BCUT2D eigenvalue weighted by molar-refractivity contribution is 9.09. The van der Waals surface area contributed by atoms with Crippen LogP contribution in [0, 0.1) is 17.2 Å². The molecule has 5 heteroatoms. The Morgan fingerprint density at radius 2 is 2.39 bits per heavy atom. The van der Waals surface area contributed by atoms with E-state index >= 15 is 0 Å². The molecule has 1 aromatic heterocycles. The molecule has 0 radical (unpaired) electrons. The summed E-state index contributed by atoms with van der Waals surface area (Å²) in [5.74, 6) is 0.527. The van der Waals surface area contributed by atoms with Crippen LogP contribution in [0.1, 0.15) is 29.4 Å². The van der Waals surface area contributed by atoms with Crippen LogP contribution < -0.4 is 0 Å². The topological polar surface area (TPSA) is 57.0 Å². The van der Waals surface area contributed by atoms with Gasteiger partial charge in [-0.15, -0.1) is 0 Å². The molecule has 1 aliphatic heterocycles. The van der Waals surface area contributed by atoms with E-state index in [9.17, 15) is 4.79 Å². The van der Waals surface area contributed by atoms with Crippen molar-refractivity contribution >= 4 is 21.8 Å². The predicted molar refractivity (Wildman–Crippen MR) is 71.4 cm³/mol. The van der Waals surface area contributed by atoms with E-state index in [1.54, 1.807) is 12.1 Å². The smallest absolute Gasteiger partial charge is 0.272 e. The molecule has 0 spiro atoms. The molecule has 1 aliphatic rings. The van der Waals surface area contributed by atoms with Crippen molar-refractivity contribution in [2.75, 3.05) is 13.1 Å². The fourth-order valence-corrected chi connectivity index (χ4v) is 2.57. The van der Waals surface area contributed by atoms with Gasteiger partial charge in [-0.25, -0.2) is 4.98 Å². The second-order valence-corrected chi connectivity index (χ2v) is 5.75. The Hall–Kier alpha value is -1.41. The van der Waals surface area contributed by atoms with Gasteiger partial charge < -0.3 is 4.90 Å². The Bertz CT molecular complexity index is 480. The van der Waals surface area contributed by atoms with Crippen molar-refractivity contribution in [2.45, 2.75) is 18.2 Å². The van der Waals surface area contributed by atoms with E-state index in [0.717, 1.165) is 13.0 Å². The third kappa shape index (κ3) is 2.70. The van der Waals surface area contributed by atoms with Gasteiger partial charge in [0.25, 0.3) is 5.91 Å². The lowest BCUT2D eigenvalue weighted by molar-refractivity contribution is 0.0700. The number of rotatable bonds is 1. The molecule has 0 bridgehead atoms. The number of hydrogen-bond donors (Lipinski definition) is 0. The van der Waals surface area contributed by atoms with Crippen LogP contribution in [0.4, 0.5) is 0 Å². The van der Waals surface area contributed by atoms with Gasteiger partial charge in [-0.1, -0.05) is 22.9 Å². The van der Waals surface area contributed by atoms with Crippen LogP contribution in [0.25, 0.3) is 0 Å². The molecule has 1 aromatic rings. The fraction of sp³-hybridized carbons (Fsp3) is 0.462. The SMILES string of the molecule is CC1CCN(C(=O)c2ccc(C#N)cn2)CC1Br. The van der Waals surface area contributed by atoms with Gasteiger partial charge >= 0.3 is 0 Å². The van der Waals surface area contributed by atoms with E-state index in [4.69, 9.17) is 5.26 Å². The Morgan fingerprint density at radius 3 is 2.94 bits per heavy atom. The first-order valence-corrected chi connectivity index (χ1v) is 6.83. The summed E-state index contributed by atoms with van der Waals surface area (Å²) < 4.78 is 0. The number of nitrogens with zero attached hydrogens (tertiary/aromatic N) is 3. The van der Waals surface area contributed by atoms with Crippen molar-refractivity contribution in [3.63, 3.8) is 0 Å². The van der Waals surface area contributed by atoms with E-state index in [0.29, 0.717) is 28.5 Å². The lowest BCUT2D eigenvalue weighted by atomic mass is 9.99. The highest BCUT2D eigenvalue weighted by Crippen LogP contribution is 2.24. The Kier molecular flexibility index (Phi) is 3.97. The summed E-state index contributed by atoms with van der Waals surface area (Å²) >= 11 is 3.60. The molecular formula is C13H14BrN3O. The van der Waals surface area contributed by atoms with Crippen LogP contribution in [0.2, 0.25) is 0 Å². The summed E-state index contributed by atoms with van der Waals surface area (Å²) in [6.45, 7) is 3.66. The van der Waals surface area contributed by atoms with E-state index in [1.807, 2.05) is 11.0 Å². The normalized spacial score (nSPS) is 23.5. The van der Waals surface area contributed by atoms with Gasteiger partial charge in [-0.2, -0.15) is 5.26 Å². The van der Waals surface area contributed by atoms with Crippen molar-refractivity contribution in [2.24, 2.45) is 5.92 Å². The third-order valence-corrected chi connectivity index (χ3v) is 4.46. The highest BCUT2D eigenvalue weighted by atomic mass is 79.9. The molecule has 2 unspecified atom stereocenters. The summed E-state index contributed by atoms with van der Waals surface area (Å²) in [6.07, 6.45) is 2.43. The zero-order valence-electron chi connectivity index (χ0n) is 10.1. The zero-order valence-corrected chi connectivity index (χ0v) is 11.7. The number of likely N-dealkylation sites (tertiary alicyclic amines) is 1. The number of alkyl halides is 1. The number of piperidine rings is 1. The molecule has 2 rings (SSSR count). The number of nitriles is 1. The molecule has 2 atom stereocenters. The van der Waals surface area contributed by atoms with Crippen LogP contribution in [-0.2, 0) is 0 Å². The molecule has 1 fully saturated rings. The van der Waals surface area contributed by atoms with Crippen LogP contribution in [-0.4, -0.2) is 33.7 Å². The Morgan fingerprint density at radius 1 is 1.61 bits per heavy atom.